The molecule has 0 saturated carbocycles. The molecule has 15 heavy (non-hydrogen) atoms. The highest BCUT2D eigenvalue weighted by Gasteiger charge is 2.35. The average molecular weight is 203 g/mol. The predicted octanol–water partition coefficient (Wildman–Crippen LogP) is 2.46. The van der Waals surface area contributed by atoms with Gasteiger partial charge in [0.2, 0.25) is 0 Å². The van der Waals surface area contributed by atoms with Gasteiger partial charge in [-0.15, -0.1) is 0 Å². The standard InChI is InChI=1S/C12H13NO2/c1-12(2)4-10(14)9-3-8(6-13)7-15-11(9)5-12/h7H,3-5H2,1-2H3. The van der Waals surface area contributed by atoms with Gasteiger partial charge in [0.1, 0.15) is 12.0 Å². The molecular weight excluding hydrogens is 190 g/mol. The molecule has 0 aromatic heterocycles. The van der Waals surface area contributed by atoms with Crippen molar-refractivity contribution in [3.8, 4) is 6.07 Å². The fraction of sp³-hybridized carbons (Fsp3) is 0.500. The van der Waals surface area contributed by atoms with Crippen LogP contribution in [0.2, 0.25) is 0 Å². The quantitative estimate of drug-likeness (QED) is 0.607. The molecule has 78 valence electrons. The molecule has 3 nitrogen and oxygen atoms in total. The highest BCUT2D eigenvalue weighted by molar-refractivity contribution is 5.98. The lowest BCUT2D eigenvalue weighted by molar-refractivity contribution is -0.118. The summed E-state index contributed by atoms with van der Waals surface area (Å²) in [6.45, 7) is 4.11. The Morgan fingerprint density at radius 1 is 1.47 bits per heavy atom. The minimum Gasteiger partial charge on any atom is -0.468 e. The number of carbonyl (C=O) groups is 1. The van der Waals surface area contributed by atoms with Crippen LogP contribution in [0.25, 0.3) is 0 Å². The van der Waals surface area contributed by atoms with Gasteiger partial charge < -0.3 is 4.74 Å². The molecule has 0 aromatic rings. The Kier molecular flexibility index (Phi) is 2.15. The van der Waals surface area contributed by atoms with Crippen molar-refractivity contribution in [2.75, 3.05) is 0 Å². The minimum atomic E-state index is -0.0199. The summed E-state index contributed by atoms with van der Waals surface area (Å²) in [4.78, 5) is 11.8. The number of ether oxygens (including phenoxy) is 1. The van der Waals surface area contributed by atoms with Crippen molar-refractivity contribution in [2.24, 2.45) is 5.41 Å². The zero-order chi connectivity index (χ0) is 11.1. The zero-order valence-electron chi connectivity index (χ0n) is 8.96. The third-order valence-corrected chi connectivity index (χ3v) is 2.81. The van der Waals surface area contributed by atoms with Crippen LogP contribution in [0.15, 0.2) is 23.2 Å². The molecule has 0 radical (unpaired) electrons. The Bertz CT molecular complexity index is 421. The number of Topliss-reactive ketones (excluding diaryl/α,β-unsaturated/α-hetero) is 1. The second kappa shape index (κ2) is 3.23. The number of ketones is 1. The van der Waals surface area contributed by atoms with E-state index in [-0.39, 0.29) is 11.2 Å². The second-order valence-electron chi connectivity index (χ2n) is 4.89. The third kappa shape index (κ3) is 1.80. The molecule has 2 aliphatic rings. The Morgan fingerprint density at radius 2 is 2.20 bits per heavy atom. The molecule has 0 amide bonds. The van der Waals surface area contributed by atoms with Crippen LogP contribution in [0.5, 0.6) is 0 Å². The van der Waals surface area contributed by atoms with Crippen LogP contribution in [0, 0.1) is 16.7 Å². The summed E-state index contributed by atoms with van der Waals surface area (Å²) in [5, 5.41) is 8.74. The molecule has 0 atom stereocenters. The number of hydrogen-bond donors (Lipinski definition) is 0. The molecule has 2 rings (SSSR count). The number of carbonyl (C=O) groups excluding carboxylic acids is 1. The highest BCUT2D eigenvalue weighted by atomic mass is 16.5. The first kappa shape index (κ1) is 9.97. The van der Waals surface area contributed by atoms with E-state index in [1.807, 2.05) is 6.07 Å². The molecular formula is C12H13NO2. The van der Waals surface area contributed by atoms with Gasteiger partial charge >= 0.3 is 0 Å². The van der Waals surface area contributed by atoms with Gasteiger partial charge in [-0.05, 0) is 5.41 Å². The largest absolute Gasteiger partial charge is 0.468 e. The summed E-state index contributed by atoms with van der Waals surface area (Å²) in [6.07, 6.45) is 3.24. The van der Waals surface area contributed by atoms with Crippen molar-refractivity contribution in [1.82, 2.24) is 0 Å². The summed E-state index contributed by atoms with van der Waals surface area (Å²) in [5.74, 6) is 0.886. The lowest BCUT2D eigenvalue weighted by atomic mass is 9.75. The lowest BCUT2D eigenvalue weighted by Gasteiger charge is -2.32. The van der Waals surface area contributed by atoms with Crippen molar-refractivity contribution in [3.63, 3.8) is 0 Å². The Balaban J connectivity index is 2.30. The van der Waals surface area contributed by atoms with E-state index in [1.165, 1.54) is 6.26 Å². The Hall–Kier alpha value is -1.56. The second-order valence-corrected chi connectivity index (χ2v) is 4.89. The van der Waals surface area contributed by atoms with E-state index >= 15 is 0 Å². The molecule has 0 saturated heterocycles. The van der Waals surface area contributed by atoms with Crippen molar-refractivity contribution < 1.29 is 9.53 Å². The van der Waals surface area contributed by atoms with Crippen LogP contribution >= 0.6 is 0 Å². The topological polar surface area (TPSA) is 50.1 Å². The van der Waals surface area contributed by atoms with Gasteiger partial charge in [-0.1, -0.05) is 13.8 Å². The first-order chi connectivity index (χ1) is 7.02. The highest BCUT2D eigenvalue weighted by Crippen LogP contribution is 2.40. The fourth-order valence-electron chi connectivity index (χ4n) is 2.05. The van der Waals surface area contributed by atoms with Crippen LogP contribution in [0.3, 0.4) is 0 Å². The van der Waals surface area contributed by atoms with Crippen LogP contribution < -0.4 is 0 Å². The summed E-state index contributed by atoms with van der Waals surface area (Å²) in [7, 11) is 0. The summed E-state index contributed by atoms with van der Waals surface area (Å²) >= 11 is 0. The molecule has 1 aliphatic heterocycles. The van der Waals surface area contributed by atoms with Gasteiger partial charge in [0, 0.05) is 24.8 Å². The van der Waals surface area contributed by atoms with Gasteiger partial charge in [0.15, 0.2) is 5.78 Å². The SMILES string of the molecule is CC1(C)CC(=O)C2=C(C1)OC=C(C#N)C2. The fourth-order valence-corrected chi connectivity index (χ4v) is 2.05. The first-order valence-electron chi connectivity index (χ1n) is 5.03. The normalized spacial score (nSPS) is 23.8. The number of rotatable bonds is 0. The van der Waals surface area contributed by atoms with E-state index in [0.717, 1.165) is 12.2 Å². The molecule has 0 bridgehead atoms. The smallest absolute Gasteiger partial charge is 0.163 e. The summed E-state index contributed by atoms with van der Waals surface area (Å²) in [6, 6.07) is 2.03. The van der Waals surface area contributed by atoms with Crippen LogP contribution in [-0.4, -0.2) is 5.78 Å². The van der Waals surface area contributed by atoms with Crippen molar-refractivity contribution >= 4 is 5.78 Å². The number of allylic oxidation sites excluding steroid dienone is 3. The van der Waals surface area contributed by atoms with E-state index < -0.39 is 0 Å². The Morgan fingerprint density at radius 3 is 2.87 bits per heavy atom. The van der Waals surface area contributed by atoms with Crippen LogP contribution in [-0.2, 0) is 9.53 Å². The van der Waals surface area contributed by atoms with Gasteiger partial charge in [0.25, 0.3) is 0 Å². The molecule has 0 aromatic carbocycles. The molecule has 3 heteroatoms. The Labute approximate surface area is 89.0 Å². The van der Waals surface area contributed by atoms with Gasteiger partial charge in [-0.3, -0.25) is 4.79 Å². The number of nitriles is 1. The monoisotopic (exact) mass is 203 g/mol. The zero-order valence-corrected chi connectivity index (χ0v) is 8.96. The predicted molar refractivity (Wildman–Crippen MR) is 54.4 cm³/mol. The van der Waals surface area contributed by atoms with E-state index in [0.29, 0.717) is 24.0 Å². The van der Waals surface area contributed by atoms with Gasteiger partial charge in [-0.25, -0.2) is 0 Å². The average Bonchev–Trinajstić information content (AvgIpc) is 2.15. The number of hydrogen-bond acceptors (Lipinski definition) is 3. The first-order valence-corrected chi connectivity index (χ1v) is 5.03. The lowest BCUT2D eigenvalue weighted by Crippen LogP contribution is -2.27. The maximum Gasteiger partial charge on any atom is 0.163 e. The molecule has 0 unspecified atom stereocenters. The maximum absolute atomic E-state index is 11.8. The molecule has 1 aliphatic carbocycles. The van der Waals surface area contributed by atoms with E-state index in [1.54, 1.807) is 0 Å². The van der Waals surface area contributed by atoms with Crippen molar-refractivity contribution in [2.45, 2.75) is 33.1 Å². The van der Waals surface area contributed by atoms with Crippen LogP contribution in [0.4, 0.5) is 0 Å². The molecule has 0 spiro atoms. The summed E-state index contributed by atoms with van der Waals surface area (Å²) < 4.78 is 5.37. The van der Waals surface area contributed by atoms with E-state index in [4.69, 9.17) is 10.00 Å². The van der Waals surface area contributed by atoms with E-state index in [2.05, 4.69) is 13.8 Å². The van der Waals surface area contributed by atoms with E-state index in [9.17, 15) is 4.79 Å². The third-order valence-electron chi connectivity index (χ3n) is 2.81. The van der Waals surface area contributed by atoms with Crippen molar-refractivity contribution in [1.29, 1.82) is 5.26 Å². The van der Waals surface area contributed by atoms with Crippen LogP contribution in [0.1, 0.15) is 33.1 Å². The molecule has 0 fully saturated rings. The molecule has 1 heterocycles. The van der Waals surface area contributed by atoms with Gasteiger partial charge in [0.05, 0.1) is 11.6 Å². The maximum atomic E-state index is 11.8. The summed E-state index contributed by atoms with van der Waals surface area (Å²) in [5.41, 5.74) is 1.21. The molecule has 0 N–H and O–H groups in total. The van der Waals surface area contributed by atoms with Crippen molar-refractivity contribution in [3.05, 3.63) is 23.2 Å². The number of nitrogens with zero attached hydrogens (tertiary/aromatic N) is 1. The minimum absolute atomic E-state index is 0.0199. The van der Waals surface area contributed by atoms with Gasteiger partial charge in [-0.2, -0.15) is 5.26 Å².